The molecule has 1 aromatic rings. The van der Waals surface area contributed by atoms with Crippen molar-refractivity contribution in [1.29, 1.82) is 0 Å². The first-order valence-electron chi connectivity index (χ1n) is 6.01. The number of nitrogens with zero attached hydrogens (tertiary/aromatic N) is 1. The van der Waals surface area contributed by atoms with Crippen molar-refractivity contribution in [2.75, 3.05) is 19.6 Å². The molecular formula is C11H18N2O3S2. The molecule has 2 heterocycles. The Morgan fingerprint density at radius 3 is 2.94 bits per heavy atom. The van der Waals surface area contributed by atoms with Gasteiger partial charge in [-0.15, -0.1) is 11.3 Å². The van der Waals surface area contributed by atoms with E-state index in [4.69, 9.17) is 5.73 Å². The summed E-state index contributed by atoms with van der Waals surface area (Å²) in [6.07, 6.45) is 1.54. The van der Waals surface area contributed by atoms with E-state index in [1.165, 1.54) is 15.6 Å². The van der Waals surface area contributed by atoms with Gasteiger partial charge in [-0.05, 0) is 37.9 Å². The molecule has 0 aromatic carbocycles. The Morgan fingerprint density at radius 2 is 2.28 bits per heavy atom. The number of piperidine rings is 1. The number of nitrogens with two attached hydrogens (primary N) is 1. The fraction of sp³-hybridized carbons (Fsp3) is 0.636. The summed E-state index contributed by atoms with van der Waals surface area (Å²) in [6.45, 7) is 1.21. The molecule has 1 fully saturated rings. The lowest BCUT2D eigenvalue weighted by Crippen LogP contribution is -2.41. The molecule has 0 aliphatic carbocycles. The van der Waals surface area contributed by atoms with E-state index in [2.05, 4.69) is 0 Å². The van der Waals surface area contributed by atoms with E-state index in [1.54, 1.807) is 6.07 Å². The lowest BCUT2D eigenvalue weighted by molar-refractivity contribution is 0.108. The van der Waals surface area contributed by atoms with Crippen molar-refractivity contribution in [3.05, 3.63) is 17.0 Å². The number of aliphatic hydroxyl groups is 1. The smallest absolute Gasteiger partial charge is 0.252 e. The van der Waals surface area contributed by atoms with Gasteiger partial charge in [0.2, 0.25) is 0 Å². The number of hydrogen-bond acceptors (Lipinski definition) is 5. The zero-order valence-electron chi connectivity index (χ0n) is 10.1. The van der Waals surface area contributed by atoms with E-state index in [0.29, 0.717) is 36.6 Å². The summed E-state index contributed by atoms with van der Waals surface area (Å²) in [5.41, 5.74) is 5.45. The van der Waals surface area contributed by atoms with E-state index in [9.17, 15) is 13.5 Å². The van der Waals surface area contributed by atoms with Crippen LogP contribution in [0.3, 0.4) is 0 Å². The highest BCUT2D eigenvalue weighted by Crippen LogP contribution is 2.27. The van der Waals surface area contributed by atoms with Crippen molar-refractivity contribution in [3.63, 3.8) is 0 Å². The molecule has 1 aliphatic heterocycles. The zero-order valence-corrected chi connectivity index (χ0v) is 11.7. The highest BCUT2D eigenvalue weighted by molar-refractivity contribution is 7.91. The fourth-order valence-corrected chi connectivity index (χ4v) is 5.08. The minimum absolute atomic E-state index is 0.201. The Labute approximate surface area is 111 Å². The largest absolute Gasteiger partial charge is 0.392 e. The topological polar surface area (TPSA) is 83.6 Å². The van der Waals surface area contributed by atoms with Crippen LogP contribution in [0.2, 0.25) is 0 Å². The third kappa shape index (κ3) is 2.92. The van der Waals surface area contributed by atoms with Gasteiger partial charge in [0.1, 0.15) is 4.21 Å². The van der Waals surface area contributed by atoms with Crippen molar-refractivity contribution in [3.8, 4) is 0 Å². The lowest BCUT2D eigenvalue weighted by atomic mass is 10.1. The molecule has 102 valence electrons. The van der Waals surface area contributed by atoms with E-state index >= 15 is 0 Å². The molecule has 1 unspecified atom stereocenters. The van der Waals surface area contributed by atoms with E-state index in [1.807, 2.05) is 6.07 Å². The molecular weight excluding hydrogens is 272 g/mol. The molecule has 0 radical (unpaired) electrons. The SMILES string of the molecule is NCCc1ccc(S(=O)(=O)N2CCCC(O)C2)s1. The minimum Gasteiger partial charge on any atom is -0.392 e. The van der Waals surface area contributed by atoms with Crippen molar-refractivity contribution in [2.45, 2.75) is 29.6 Å². The van der Waals surface area contributed by atoms with Crippen molar-refractivity contribution >= 4 is 21.4 Å². The van der Waals surface area contributed by atoms with Crippen LogP contribution in [-0.2, 0) is 16.4 Å². The summed E-state index contributed by atoms with van der Waals surface area (Å²) in [7, 11) is -3.44. The van der Waals surface area contributed by atoms with Gasteiger partial charge in [-0.3, -0.25) is 0 Å². The summed E-state index contributed by atoms with van der Waals surface area (Å²) in [5.74, 6) is 0. The first-order valence-corrected chi connectivity index (χ1v) is 8.26. The molecule has 0 saturated carbocycles. The molecule has 1 aromatic heterocycles. The van der Waals surface area contributed by atoms with Gasteiger partial charge < -0.3 is 10.8 Å². The molecule has 18 heavy (non-hydrogen) atoms. The number of sulfonamides is 1. The maximum Gasteiger partial charge on any atom is 0.252 e. The van der Waals surface area contributed by atoms with Gasteiger partial charge in [0.15, 0.2) is 0 Å². The Bertz CT molecular complexity index is 498. The first kappa shape index (κ1) is 14.0. The average molecular weight is 290 g/mol. The summed E-state index contributed by atoms with van der Waals surface area (Å²) < 4.78 is 26.4. The van der Waals surface area contributed by atoms with Gasteiger partial charge in [-0.1, -0.05) is 0 Å². The van der Waals surface area contributed by atoms with Crippen LogP contribution in [0.25, 0.3) is 0 Å². The van der Waals surface area contributed by atoms with E-state index < -0.39 is 16.1 Å². The van der Waals surface area contributed by atoms with Gasteiger partial charge in [0, 0.05) is 18.0 Å². The normalized spacial score (nSPS) is 22.2. The third-order valence-electron chi connectivity index (χ3n) is 2.98. The molecule has 2 rings (SSSR count). The minimum atomic E-state index is -3.44. The standard InChI is InChI=1S/C11H18N2O3S2/c12-6-5-10-3-4-11(17-10)18(15,16)13-7-1-2-9(14)8-13/h3-4,9,14H,1-2,5-8,12H2. The molecule has 7 heteroatoms. The Balaban J connectivity index is 2.18. The molecule has 0 spiro atoms. The summed E-state index contributed by atoms with van der Waals surface area (Å²) >= 11 is 1.27. The summed E-state index contributed by atoms with van der Waals surface area (Å²) in [5, 5.41) is 9.56. The molecule has 1 saturated heterocycles. The predicted octanol–water partition coefficient (Wildman–Crippen LogP) is 0.395. The fourth-order valence-electron chi connectivity index (χ4n) is 2.04. The molecule has 0 amide bonds. The van der Waals surface area contributed by atoms with Crippen LogP contribution in [0.5, 0.6) is 0 Å². The van der Waals surface area contributed by atoms with Crippen LogP contribution in [-0.4, -0.2) is 43.6 Å². The van der Waals surface area contributed by atoms with Gasteiger partial charge in [-0.25, -0.2) is 8.42 Å². The van der Waals surface area contributed by atoms with Crippen molar-refractivity contribution in [2.24, 2.45) is 5.73 Å². The second-order valence-corrected chi connectivity index (χ2v) is 7.75. The number of aliphatic hydroxyl groups excluding tert-OH is 1. The predicted molar refractivity (Wildman–Crippen MR) is 71.1 cm³/mol. The van der Waals surface area contributed by atoms with E-state index in [-0.39, 0.29) is 6.54 Å². The van der Waals surface area contributed by atoms with Crippen LogP contribution in [0, 0.1) is 0 Å². The lowest BCUT2D eigenvalue weighted by Gasteiger charge is -2.28. The highest BCUT2D eigenvalue weighted by Gasteiger charge is 2.30. The molecule has 5 nitrogen and oxygen atoms in total. The van der Waals surface area contributed by atoms with Crippen LogP contribution < -0.4 is 5.73 Å². The molecule has 1 aliphatic rings. The second kappa shape index (κ2) is 5.66. The second-order valence-electron chi connectivity index (χ2n) is 4.42. The maximum absolute atomic E-state index is 12.3. The Hall–Kier alpha value is -0.470. The van der Waals surface area contributed by atoms with Crippen molar-refractivity contribution < 1.29 is 13.5 Å². The zero-order chi connectivity index (χ0) is 13.2. The van der Waals surface area contributed by atoms with E-state index in [0.717, 1.165) is 4.88 Å². The van der Waals surface area contributed by atoms with Gasteiger partial charge in [0.05, 0.1) is 6.10 Å². The van der Waals surface area contributed by atoms with Gasteiger partial charge in [-0.2, -0.15) is 4.31 Å². The summed E-state index contributed by atoms with van der Waals surface area (Å²) in [6, 6.07) is 3.44. The molecule has 1 atom stereocenters. The highest BCUT2D eigenvalue weighted by atomic mass is 32.2. The van der Waals surface area contributed by atoms with Gasteiger partial charge in [0.25, 0.3) is 10.0 Å². The first-order chi connectivity index (χ1) is 8.54. The van der Waals surface area contributed by atoms with Crippen LogP contribution in [0.15, 0.2) is 16.3 Å². The Morgan fingerprint density at radius 1 is 1.50 bits per heavy atom. The molecule has 0 bridgehead atoms. The Kier molecular flexibility index (Phi) is 4.39. The average Bonchev–Trinajstić information content (AvgIpc) is 2.79. The quantitative estimate of drug-likeness (QED) is 0.840. The number of hydrogen-bond donors (Lipinski definition) is 2. The monoisotopic (exact) mass is 290 g/mol. The summed E-state index contributed by atoms with van der Waals surface area (Å²) in [4.78, 5) is 0.980. The van der Waals surface area contributed by atoms with Crippen molar-refractivity contribution in [1.82, 2.24) is 4.31 Å². The van der Waals surface area contributed by atoms with Crippen LogP contribution in [0.4, 0.5) is 0 Å². The molecule has 3 N–H and O–H groups in total. The van der Waals surface area contributed by atoms with Gasteiger partial charge >= 0.3 is 0 Å². The number of rotatable bonds is 4. The van der Waals surface area contributed by atoms with Crippen LogP contribution >= 0.6 is 11.3 Å². The maximum atomic E-state index is 12.3. The van der Waals surface area contributed by atoms with Crippen LogP contribution in [0.1, 0.15) is 17.7 Å². The third-order valence-corrected chi connectivity index (χ3v) is 6.46. The number of β-amino-alcohol motifs (C(OH)–C–C–N with tert-alkyl or cyclic N) is 1. The number of thiophene rings is 1.